The van der Waals surface area contributed by atoms with Crippen LogP contribution in [0.1, 0.15) is 49.9 Å². The van der Waals surface area contributed by atoms with Gasteiger partial charge in [-0.05, 0) is 80.6 Å². The van der Waals surface area contributed by atoms with Gasteiger partial charge in [0, 0.05) is 119 Å². The van der Waals surface area contributed by atoms with Crippen molar-refractivity contribution < 1.29 is 14.3 Å². The fraction of sp³-hybridized carbons (Fsp3) is 0.426. The summed E-state index contributed by atoms with van der Waals surface area (Å²) >= 11 is 0. The van der Waals surface area contributed by atoms with Crippen molar-refractivity contribution in [1.82, 2.24) is 44.6 Å². The number of carbonyl (C=O) groups excluding carboxylic acids is 2. The summed E-state index contributed by atoms with van der Waals surface area (Å²) in [6.07, 6.45) is 14.2. The predicted octanol–water partition coefficient (Wildman–Crippen LogP) is 4.92. The highest BCUT2D eigenvalue weighted by Gasteiger charge is 2.35. The Bertz CT molecular complexity index is 2530. The van der Waals surface area contributed by atoms with E-state index in [0.717, 1.165) is 121 Å². The van der Waals surface area contributed by atoms with Crippen molar-refractivity contribution in [3.8, 4) is 22.3 Å². The molecule has 3 saturated heterocycles. The summed E-state index contributed by atoms with van der Waals surface area (Å²) in [6, 6.07) is 21.3. The topological polar surface area (TPSA) is 154 Å². The van der Waals surface area contributed by atoms with Crippen LogP contribution in [0.15, 0.2) is 91.6 Å². The number of hydrogen-bond donors (Lipinski definition) is 3. The maximum atomic E-state index is 13.1. The Morgan fingerprint density at radius 3 is 1.97 bits per heavy atom. The normalized spacial score (nSPS) is 19.4. The number of nitrogens with zero attached hydrogens (tertiary/aromatic N) is 9. The fourth-order valence-electron chi connectivity index (χ4n) is 9.23. The minimum absolute atomic E-state index is 0.0865. The molecule has 4 aliphatic rings. The number of pyridine rings is 1. The zero-order valence-corrected chi connectivity index (χ0v) is 35.5. The summed E-state index contributed by atoms with van der Waals surface area (Å²) < 4.78 is 9.88. The van der Waals surface area contributed by atoms with E-state index in [1.807, 2.05) is 44.3 Å². The Balaban J connectivity index is 0.678. The molecule has 1 saturated carbocycles. The van der Waals surface area contributed by atoms with E-state index in [1.54, 1.807) is 0 Å². The molecule has 15 heteroatoms. The smallest absolute Gasteiger partial charge is 0.317 e. The highest BCUT2D eigenvalue weighted by Crippen LogP contribution is 2.34. The molecule has 0 spiro atoms. The van der Waals surface area contributed by atoms with Crippen molar-refractivity contribution >= 4 is 34.3 Å². The maximum Gasteiger partial charge on any atom is 0.317 e. The second kappa shape index (κ2) is 17.0. The van der Waals surface area contributed by atoms with Crippen molar-refractivity contribution in [2.45, 2.75) is 44.2 Å². The van der Waals surface area contributed by atoms with Crippen LogP contribution in [-0.2, 0) is 15.1 Å². The van der Waals surface area contributed by atoms with Crippen LogP contribution in [0.3, 0.4) is 0 Å². The van der Waals surface area contributed by atoms with Crippen molar-refractivity contribution in [3.05, 3.63) is 103 Å². The number of anilines is 2. The summed E-state index contributed by atoms with van der Waals surface area (Å²) in [5, 5.41) is 15.7. The van der Waals surface area contributed by atoms with Crippen LogP contribution in [0.5, 0.6) is 0 Å². The number of piperazine rings is 2. The van der Waals surface area contributed by atoms with Crippen LogP contribution in [0, 0.1) is 5.92 Å². The Hall–Kier alpha value is -6.03. The monoisotopic (exact) mass is 836 g/mol. The lowest BCUT2D eigenvalue weighted by molar-refractivity contribution is -0.132. The number of hydrogen-bond acceptors (Lipinski definition) is 10. The van der Waals surface area contributed by atoms with Gasteiger partial charge in [-0.15, -0.1) is 0 Å². The number of benzene rings is 1. The minimum atomic E-state index is -0.713. The molecule has 2 atom stereocenters. The van der Waals surface area contributed by atoms with Gasteiger partial charge in [0.1, 0.15) is 0 Å². The lowest BCUT2D eigenvalue weighted by atomic mass is 9.92. The minimum Gasteiger partial charge on any atom is -0.377 e. The molecule has 322 valence electrons. The molecule has 4 N–H and O–H groups in total. The van der Waals surface area contributed by atoms with Crippen molar-refractivity contribution in [3.63, 3.8) is 0 Å². The van der Waals surface area contributed by atoms with E-state index in [-0.39, 0.29) is 11.9 Å². The second-order valence-corrected chi connectivity index (χ2v) is 17.5. The number of nitrogens with two attached hydrogens (primary N) is 1. The van der Waals surface area contributed by atoms with Crippen LogP contribution in [0.25, 0.3) is 33.3 Å². The quantitative estimate of drug-likeness (QED) is 0.145. The largest absolute Gasteiger partial charge is 0.377 e. The van der Waals surface area contributed by atoms with Gasteiger partial charge < -0.3 is 40.7 Å². The number of fused-ring (bicyclic) bond motifs is 2. The lowest BCUT2D eigenvalue weighted by Gasteiger charge is -2.36. The van der Waals surface area contributed by atoms with Gasteiger partial charge in [0.15, 0.2) is 0 Å². The molecule has 6 aromatic rings. The van der Waals surface area contributed by atoms with Gasteiger partial charge in [-0.1, -0.05) is 30.3 Å². The Morgan fingerprint density at radius 2 is 1.39 bits per heavy atom. The molecule has 15 nitrogen and oxygen atoms in total. The molecule has 10 rings (SSSR count). The summed E-state index contributed by atoms with van der Waals surface area (Å²) in [6.45, 7) is 9.90. The Labute approximate surface area is 361 Å². The first-order valence-electron chi connectivity index (χ1n) is 22.2. The molecule has 0 radical (unpaired) electrons. The predicted molar refractivity (Wildman–Crippen MR) is 240 cm³/mol. The average molecular weight is 837 g/mol. The molecule has 3 aliphatic heterocycles. The van der Waals surface area contributed by atoms with Crippen LogP contribution < -0.4 is 26.2 Å². The SMILES string of the molecule is CC(N)(COCCNC(=O)N1CCN(c2ccnn3cc(-c4ccc([C@@H]5CCCN5)nc4)cc23)CC1)c1ccc(-c2cc3c(N4CCN(C(=O)C5CC5)CC4)ccnn3c2)cc1. The Kier molecular flexibility index (Phi) is 11.0. The summed E-state index contributed by atoms with van der Waals surface area (Å²) in [5.41, 5.74) is 16.7. The molecule has 62 heavy (non-hydrogen) atoms. The first-order chi connectivity index (χ1) is 30.3. The highest BCUT2D eigenvalue weighted by atomic mass is 16.5. The van der Waals surface area contributed by atoms with Gasteiger partial charge in [-0.2, -0.15) is 10.2 Å². The molecular weight excluding hydrogens is 781 g/mol. The number of urea groups is 1. The summed E-state index contributed by atoms with van der Waals surface area (Å²) in [5.74, 6) is 0.587. The third kappa shape index (κ3) is 8.31. The molecule has 3 amide bonds. The number of carbonyl (C=O) groups is 2. The molecule has 0 bridgehead atoms. The summed E-state index contributed by atoms with van der Waals surface area (Å²) in [4.78, 5) is 39.1. The zero-order valence-electron chi connectivity index (χ0n) is 35.5. The van der Waals surface area contributed by atoms with Crippen LogP contribution >= 0.6 is 0 Å². The first-order valence-corrected chi connectivity index (χ1v) is 22.2. The van der Waals surface area contributed by atoms with Gasteiger partial charge in [-0.25, -0.2) is 13.8 Å². The van der Waals surface area contributed by atoms with Gasteiger partial charge >= 0.3 is 6.03 Å². The van der Waals surface area contributed by atoms with E-state index in [2.05, 4.69) is 104 Å². The zero-order chi connectivity index (χ0) is 42.2. The van der Waals surface area contributed by atoms with Gasteiger partial charge in [0.25, 0.3) is 0 Å². The first kappa shape index (κ1) is 40.1. The van der Waals surface area contributed by atoms with Crippen molar-refractivity contribution in [2.24, 2.45) is 11.7 Å². The second-order valence-electron chi connectivity index (χ2n) is 17.5. The molecule has 8 heterocycles. The van der Waals surface area contributed by atoms with Crippen LogP contribution in [0.2, 0.25) is 0 Å². The standard InChI is InChI=1S/C47H56N12O3/c1-47(48,38-9-6-33(7-10-38)36-27-43-41(12-15-52-58(43)30-36)54-18-22-56(23-19-54)45(60)34-4-5-34)32-62-26-17-50-46(61)57-24-20-55(21-25-57)42-13-16-53-59-31-37(28-44(42)59)35-8-11-40(51-29-35)39-3-2-14-49-39/h6-13,15-16,27-31,34,39,49H,2-5,14,17-26,32,48H2,1H3,(H,50,61)/t39-,47?/m0/s1. The molecule has 5 aromatic heterocycles. The van der Waals surface area contributed by atoms with E-state index in [1.165, 1.54) is 6.42 Å². The van der Waals surface area contributed by atoms with E-state index in [9.17, 15) is 9.59 Å². The summed E-state index contributed by atoms with van der Waals surface area (Å²) in [7, 11) is 0. The van der Waals surface area contributed by atoms with Gasteiger partial charge in [0.2, 0.25) is 5.91 Å². The third-order valence-electron chi connectivity index (χ3n) is 13.1. The van der Waals surface area contributed by atoms with Gasteiger partial charge in [-0.3, -0.25) is 9.78 Å². The molecule has 4 fully saturated rings. The third-order valence-corrected chi connectivity index (χ3v) is 13.1. The van der Waals surface area contributed by atoms with Crippen LogP contribution in [-0.4, -0.2) is 125 Å². The highest BCUT2D eigenvalue weighted by molar-refractivity contribution is 5.83. The molecule has 1 aliphatic carbocycles. The number of aromatic nitrogens is 5. The van der Waals surface area contributed by atoms with Crippen LogP contribution in [0.4, 0.5) is 16.2 Å². The number of rotatable bonds is 12. The van der Waals surface area contributed by atoms with Gasteiger partial charge in [0.05, 0.1) is 46.9 Å². The number of ether oxygens (including phenoxy) is 1. The average Bonchev–Trinajstić information content (AvgIpc) is 3.62. The van der Waals surface area contributed by atoms with Crippen molar-refractivity contribution in [2.75, 3.05) is 88.5 Å². The molecule has 1 unspecified atom stereocenters. The Morgan fingerprint density at radius 1 is 0.774 bits per heavy atom. The van der Waals surface area contributed by atoms with E-state index in [0.29, 0.717) is 44.8 Å². The van der Waals surface area contributed by atoms with E-state index in [4.69, 9.17) is 15.5 Å². The van der Waals surface area contributed by atoms with E-state index < -0.39 is 5.54 Å². The maximum absolute atomic E-state index is 13.1. The lowest BCUT2D eigenvalue weighted by Crippen LogP contribution is -2.52. The van der Waals surface area contributed by atoms with Crippen molar-refractivity contribution in [1.29, 1.82) is 0 Å². The molecular formula is C47H56N12O3. The fourth-order valence-corrected chi connectivity index (χ4v) is 9.23. The number of amides is 3. The molecule has 1 aromatic carbocycles. The van der Waals surface area contributed by atoms with E-state index >= 15 is 0 Å². The number of nitrogens with one attached hydrogen (secondary N) is 2.